The van der Waals surface area contributed by atoms with Crippen molar-refractivity contribution in [2.24, 2.45) is 0 Å². The number of rotatable bonds is 3. The van der Waals surface area contributed by atoms with E-state index in [1.54, 1.807) is 30.5 Å². The van der Waals surface area contributed by atoms with Crippen LogP contribution in [-0.2, 0) is 0 Å². The summed E-state index contributed by atoms with van der Waals surface area (Å²) in [6.45, 7) is 1.90. The fourth-order valence-corrected chi connectivity index (χ4v) is 2.77. The van der Waals surface area contributed by atoms with E-state index in [-0.39, 0.29) is 0 Å². The third-order valence-electron chi connectivity index (χ3n) is 2.29. The molecule has 0 radical (unpaired) electrons. The molecule has 0 N–H and O–H groups in total. The summed E-state index contributed by atoms with van der Waals surface area (Å²) in [7, 11) is 0. The van der Waals surface area contributed by atoms with Crippen LogP contribution >= 0.6 is 35.0 Å². The maximum Gasteiger partial charge on any atom is 0.151 e. The lowest BCUT2D eigenvalue weighted by molar-refractivity contribution is 0.112. The Labute approximate surface area is 119 Å². The van der Waals surface area contributed by atoms with E-state index in [0.29, 0.717) is 15.6 Å². The van der Waals surface area contributed by atoms with E-state index in [1.807, 2.05) is 6.92 Å². The Morgan fingerprint density at radius 1 is 1.28 bits per heavy atom. The Morgan fingerprint density at radius 2 is 2.06 bits per heavy atom. The number of halogens is 2. The van der Waals surface area contributed by atoms with E-state index in [9.17, 15) is 4.79 Å². The smallest absolute Gasteiger partial charge is 0.151 e. The molecular weight excluding hydrogens is 289 g/mol. The van der Waals surface area contributed by atoms with Crippen LogP contribution in [0.4, 0.5) is 0 Å². The molecule has 2 nitrogen and oxygen atoms in total. The van der Waals surface area contributed by atoms with Crippen LogP contribution in [0.1, 0.15) is 15.9 Å². The van der Waals surface area contributed by atoms with Crippen LogP contribution in [-0.4, -0.2) is 11.3 Å². The number of aryl methyl sites for hydroxylation is 1. The fourth-order valence-electron chi connectivity index (χ4n) is 1.41. The van der Waals surface area contributed by atoms with Gasteiger partial charge in [0.25, 0.3) is 0 Å². The molecule has 1 aromatic heterocycles. The van der Waals surface area contributed by atoms with Crippen molar-refractivity contribution < 1.29 is 4.79 Å². The van der Waals surface area contributed by atoms with Crippen LogP contribution in [0.3, 0.4) is 0 Å². The summed E-state index contributed by atoms with van der Waals surface area (Å²) in [5, 5.41) is 2.07. The third-order valence-corrected chi connectivity index (χ3v) is 4.14. The first-order valence-corrected chi connectivity index (χ1v) is 6.72. The van der Waals surface area contributed by atoms with Gasteiger partial charge in [-0.1, -0.05) is 35.0 Å². The molecule has 5 heteroatoms. The van der Waals surface area contributed by atoms with Crippen LogP contribution in [0.25, 0.3) is 0 Å². The highest BCUT2D eigenvalue weighted by Gasteiger charge is 2.08. The maximum atomic E-state index is 10.6. The van der Waals surface area contributed by atoms with E-state index in [1.165, 1.54) is 11.8 Å². The van der Waals surface area contributed by atoms with E-state index in [0.717, 1.165) is 21.8 Å². The van der Waals surface area contributed by atoms with E-state index < -0.39 is 0 Å². The molecule has 0 fully saturated rings. The Balaban J connectivity index is 2.34. The minimum Gasteiger partial charge on any atom is -0.298 e. The van der Waals surface area contributed by atoms with Crippen LogP contribution in [0.5, 0.6) is 0 Å². The number of pyridine rings is 1. The van der Waals surface area contributed by atoms with Crippen molar-refractivity contribution in [1.29, 1.82) is 0 Å². The van der Waals surface area contributed by atoms with Crippen LogP contribution in [0.2, 0.25) is 10.0 Å². The van der Waals surface area contributed by atoms with Gasteiger partial charge in [-0.15, -0.1) is 0 Å². The van der Waals surface area contributed by atoms with Gasteiger partial charge in [-0.05, 0) is 36.8 Å². The largest absolute Gasteiger partial charge is 0.298 e. The number of benzene rings is 1. The molecule has 0 atom stereocenters. The highest BCUT2D eigenvalue weighted by Crippen LogP contribution is 2.35. The molecular formula is C13H9Cl2NOS. The van der Waals surface area contributed by atoms with Gasteiger partial charge in [0.05, 0.1) is 5.02 Å². The number of aromatic nitrogens is 1. The zero-order valence-electron chi connectivity index (χ0n) is 9.48. The maximum absolute atomic E-state index is 10.6. The van der Waals surface area contributed by atoms with Gasteiger partial charge in [0, 0.05) is 21.7 Å². The summed E-state index contributed by atoms with van der Waals surface area (Å²) in [5.74, 6) is 0. The average molecular weight is 298 g/mol. The Morgan fingerprint density at radius 3 is 2.72 bits per heavy atom. The van der Waals surface area contributed by atoms with E-state index in [2.05, 4.69) is 4.98 Å². The summed E-state index contributed by atoms with van der Waals surface area (Å²) >= 11 is 13.5. The van der Waals surface area contributed by atoms with Crippen molar-refractivity contribution in [1.82, 2.24) is 4.98 Å². The van der Waals surface area contributed by atoms with Gasteiger partial charge in [-0.3, -0.25) is 4.79 Å². The molecule has 0 saturated carbocycles. The van der Waals surface area contributed by atoms with Gasteiger partial charge in [0.2, 0.25) is 0 Å². The molecule has 0 amide bonds. The van der Waals surface area contributed by atoms with Crippen molar-refractivity contribution in [2.45, 2.75) is 16.8 Å². The fraction of sp³-hybridized carbons (Fsp3) is 0.0769. The van der Waals surface area contributed by atoms with Crippen molar-refractivity contribution in [3.8, 4) is 0 Å². The first kappa shape index (κ1) is 13.4. The summed E-state index contributed by atoms with van der Waals surface area (Å²) in [4.78, 5) is 15.7. The Hall–Kier alpha value is -1.03. The number of carbonyl (C=O) groups excluding carboxylic acids is 1. The molecule has 1 heterocycles. The molecule has 1 aromatic carbocycles. The number of aldehydes is 1. The van der Waals surface area contributed by atoms with Crippen molar-refractivity contribution >= 4 is 41.2 Å². The molecule has 92 valence electrons. The molecule has 0 aliphatic carbocycles. The predicted octanol–water partition coefficient (Wildman–Crippen LogP) is 4.66. The van der Waals surface area contributed by atoms with Crippen LogP contribution in [0.15, 0.2) is 40.4 Å². The minimum absolute atomic E-state index is 0.564. The summed E-state index contributed by atoms with van der Waals surface area (Å²) in [5.41, 5.74) is 1.50. The van der Waals surface area contributed by atoms with Gasteiger partial charge in [0.15, 0.2) is 6.29 Å². The standard InChI is InChI=1S/C13H9Cl2NOS/c1-8-4-9(7-17)6-16-13(8)18-12-5-10(14)2-3-11(12)15/h2-7H,1H3. The lowest BCUT2D eigenvalue weighted by Gasteiger charge is -2.07. The van der Waals surface area contributed by atoms with Gasteiger partial charge in [0.1, 0.15) is 5.03 Å². The van der Waals surface area contributed by atoms with E-state index in [4.69, 9.17) is 23.2 Å². The topological polar surface area (TPSA) is 30.0 Å². The highest BCUT2D eigenvalue weighted by molar-refractivity contribution is 7.99. The number of carbonyl (C=O) groups is 1. The van der Waals surface area contributed by atoms with Gasteiger partial charge < -0.3 is 0 Å². The predicted molar refractivity (Wildman–Crippen MR) is 74.9 cm³/mol. The zero-order valence-corrected chi connectivity index (χ0v) is 11.8. The second kappa shape index (κ2) is 5.74. The SMILES string of the molecule is Cc1cc(C=O)cnc1Sc1cc(Cl)ccc1Cl. The minimum atomic E-state index is 0.564. The Bertz CT molecular complexity index is 602. The van der Waals surface area contributed by atoms with Crippen molar-refractivity contribution in [2.75, 3.05) is 0 Å². The first-order chi connectivity index (χ1) is 8.60. The first-order valence-electron chi connectivity index (χ1n) is 5.15. The second-order valence-electron chi connectivity index (χ2n) is 3.69. The molecule has 0 bridgehead atoms. The quantitative estimate of drug-likeness (QED) is 0.772. The van der Waals surface area contributed by atoms with Crippen molar-refractivity contribution in [3.05, 3.63) is 51.6 Å². The molecule has 2 aromatic rings. The molecule has 0 saturated heterocycles. The van der Waals surface area contributed by atoms with Crippen molar-refractivity contribution in [3.63, 3.8) is 0 Å². The van der Waals surface area contributed by atoms with Crippen LogP contribution in [0, 0.1) is 6.92 Å². The third kappa shape index (κ3) is 3.05. The lowest BCUT2D eigenvalue weighted by atomic mass is 10.2. The number of hydrogen-bond acceptors (Lipinski definition) is 3. The summed E-state index contributed by atoms with van der Waals surface area (Å²) < 4.78 is 0. The highest BCUT2D eigenvalue weighted by atomic mass is 35.5. The lowest BCUT2D eigenvalue weighted by Crippen LogP contribution is -1.90. The average Bonchev–Trinajstić information content (AvgIpc) is 2.36. The zero-order chi connectivity index (χ0) is 13.1. The van der Waals surface area contributed by atoms with Gasteiger partial charge >= 0.3 is 0 Å². The number of hydrogen-bond donors (Lipinski definition) is 0. The Kier molecular flexibility index (Phi) is 4.27. The summed E-state index contributed by atoms with van der Waals surface area (Å²) in [6.07, 6.45) is 2.32. The van der Waals surface area contributed by atoms with E-state index >= 15 is 0 Å². The normalized spacial score (nSPS) is 10.4. The second-order valence-corrected chi connectivity index (χ2v) is 5.56. The molecule has 2 rings (SSSR count). The summed E-state index contributed by atoms with van der Waals surface area (Å²) in [6, 6.07) is 7.08. The van der Waals surface area contributed by atoms with Gasteiger partial charge in [-0.2, -0.15) is 0 Å². The molecule has 0 unspecified atom stereocenters. The molecule has 0 aliphatic heterocycles. The molecule has 0 aliphatic rings. The molecule has 18 heavy (non-hydrogen) atoms. The van der Waals surface area contributed by atoms with Crippen LogP contribution < -0.4 is 0 Å². The monoisotopic (exact) mass is 297 g/mol. The van der Waals surface area contributed by atoms with Gasteiger partial charge in [-0.25, -0.2) is 4.98 Å². The molecule has 0 spiro atoms. The number of nitrogens with zero attached hydrogens (tertiary/aromatic N) is 1.